The molecule has 0 aliphatic rings. The molecule has 4 heterocycles. The quantitative estimate of drug-likeness (QED) is 0.357. The highest BCUT2D eigenvalue weighted by molar-refractivity contribution is 6.32. The third-order valence-corrected chi connectivity index (χ3v) is 6.11. The molecule has 184 valence electrons. The summed E-state index contributed by atoms with van der Waals surface area (Å²) in [6.07, 6.45) is 6.71. The van der Waals surface area contributed by atoms with Gasteiger partial charge in [0.15, 0.2) is 17.3 Å². The van der Waals surface area contributed by atoms with Crippen molar-refractivity contribution in [2.45, 2.75) is 20.0 Å². The molecule has 11 nitrogen and oxygen atoms in total. The van der Waals surface area contributed by atoms with Crippen LogP contribution in [0.4, 0.5) is 5.82 Å². The first-order valence-corrected chi connectivity index (χ1v) is 11.6. The van der Waals surface area contributed by atoms with Crippen molar-refractivity contribution in [2.75, 3.05) is 26.5 Å². The number of hydrogen-bond acceptors (Lipinski definition) is 8. The van der Waals surface area contributed by atoms with E-state index in [4.69, 9.17) is 16.3 Å². The van der Waals surface area contributed by atoms with Crippen molar-refractivity contribution in [1.29, 1.82) is 0 Å². The number of pyridine rings is 1. The lowest BCUT2D eigenvalue weighted by atomic mass is 10.1. The highest BCUT2D eigenvalue weighted by Gasteiger charge is 2.19. The first-order chi connectivity index (χ1) is 17.4. The molecule has 0 aliphatic carbocycles. The number of aryl methyl sites for hydroxylation is 1. The number of anilines is 1. The zero-order valence-electron chi connectivity index (χ0n) is 20.2. The Balaban J connectivity index is 1.61. The van der Waals surface area contributed by atoms with Crippen molar-refractivity contribution < 1.29 is 9.53 Å². The Labute approximate surface area is 211 Å². The predicted molar refractivity (Wildman–Crippen MR) is 137 cm³/mol. The van der Waals surface area contributed by atoms with E-state index in [1.165, 1.54) is 4.90 Å². The Morgan fingerprint density at radius 3 is 2.72 bits per heavy atom. The number of aromatic nitrogens is 7. The predicted octanol–water partition coefficient (Wildman–Crippen LogP) is 3.56. The van der Waals surface area contributed by atoms with Gasteiger partial charge in [-0.15, -0.1) is 10.2 Å². The number of methoxy groups -OCH3 is 1. The first-order valence-electron chi connectivity index (χ1n) is 11.2. The minimum Gasteiger partial charge on any atom is -0.495 e. The summed E-state index contributed by atoms with van der Waals surface area (Å²) in [5.74, 6) is 1.50. The second-order valence-corrected chi connectivity index (χ2v) is 8.71. The van der Waals surface area contributed by atoms with Gasteiger partial charge in [-0.05, 0) is 24.6 Å². The maximum absolute atomic E-state index is 12.4. The second kappa shape index (κ2) is 9.42. The fourth-order valence-electron chi connectivity index (χ4n) is 3.98. The molecule has 1 amide bonds. The maximum Gasteiger partial charge on any atom is 0.273 e. The molecule has 0 bridgehead atoms. The van der Waals surface area contributed by atoms with Crippen molar-refractivity contribution in [3.05, 3.63) is 59.4 Å². The van der Waals surface area contributed by atoms with E-state index in [0.29, 0.717) is 41.2 Å². The van der Waals surface area contributed by atoms with Crippen LogP contribution in [0.5, 0.6) is 5.75 Å². The SMILES string of the molecule is CCn1ncc2c3c(NCc4ccc(OC)c(Cl)c4)nnc(-n4cnc(C(=O)N(C)C)c4)c3cnc21. The van der Waals surface area contributed by atoms with Gasteiger partial charge in [-0.1, -0.05) is 17.7 Å². The minimum absolute atomic E-state index is 0.202. The Kier molecular flexibility index (Phi) is 6.15. The van der Waals surface area contributed by atoms with E-state index in [-0.39, 0.29) is 5.91 Å². The largest absolute Gasteiger partial charge is 0.495 e. The molecule has 4 aromatic heterocycles. The number of ether oxygens (including phenoxy) is 1. The molecule has 0 atom stereocenters. The number of halogens is 1. The van der Waals surface area contributed by atoms with Crippen LogP contribution in [-0.2, 0) is 13.1 Å². The van der Waals surface area contributed by atoms with E-state index in [9.17, 15) is 4.79 Å². The van der Waals surface area contributed by atoms with Gasteiger partial charge in [0.05, 0.1) is 23.7 Å². The van der Waals surface area contributed by atoms with Crippen LogP contribution in [0.1, 0.15) is 23.0 Å². The molecule has 0 saturated heterocycles. The molecular weight excluding hydrogens is 482 g/mol. The number of rotatable bonds is 7. The number of nitrogens with zero attached hydrogens (tertiary/aromatic N) is 8. The molecule has 5 aromatic rings. The summed E-state index contributed by atoms with van der Waals surface area (Å²) in [6, 6.07) is 5.60. The normalized spacial score (nSPS) is 11.2. The number of imidazole rings is 1. The number of benzene rings is 1. The van der Waals surface area contributed by atoms with Crippen molar-refractivity contribution in [2.24, 2.45) is 0 Å². The monoisotopic (exact) mass is 505 g/mol. The van der Waals surface area contributed by atoms with Crippen molar-refractivity contribution in [3.63, 3.8) is 0 Å². The Bertz CT molecular complexity index is 1590. The molecule has 36 heavy (non-hydrogen) atoms. The second-order valence-electron chi connectivity index (χ2n) is 8.30. The Hall–Kier alpha value is -4.25. The van der Waals surface area contributed by atoms with Gasteiger partial charge in [0.1, 0.15) is 17.8 Å². The van der Waals surface area contributed by atoms with Gasteiger partial charge in [0, 0.05) is 50.4 Å². The van der Waals surface area contributed by atoms with Crippen molar-refractivity contribution in [1.82, 2.24) is 39.4 Å². The Morgan fingerprint density at radius 2 is 2.00 bits per heavy atom. The molecule has 12 heteroatoms. The molecule has 1 N–H and O–H groups in total. The molecule has 1 aromatic carbocycles. The van der Waals surface area contributed by atoms with Crippen LogP contribution in [0, 0.1) is 0 Å². The van der Waals surface area contributed by atoms with Crippen LogP contribution >= 0.6 is 11.6 Å². The summed E-state index contributed by atoms with van der Waals surface area (Å²) in [5.41, 5.74) is 2.01. The lowest BCUT2D eigenvalue weighted by Gasteiger charge is -2.13. The van der Waals surface area contributed by atoms with Crippen LogP contribution in [0.25, 0.3) is 27.6 Å². The molecule has 0 unspecified atom stereocenters. The molecule has 0 spiro atoms. The van der Waals surface area contributed by atoms with Gasteiger partial charge in [0.25, 0.3) is 5.91 Å². The molecule has 0 fully saturated rings. The van der Waals surface area contributed by atoms with Gasteiger partial charge in [0.2, 0.25) is 0 Å². The van der Waals surface area contributed by atoms with Crippen LogP contribution in [0.3, 0.4) is 0 Å². The Morgan fingerprint density at radius 1 is 1.17 bits per heavy atom. The summed E-state index contributed by atoms with van der Waals surface area (Å²) in [4.78, 5) is 22.7. The fourth-order valence-corrected chi connectivity index (χ4v) is 4.26. The third-order valence-electron chi connectivity index (χ3n) is 5.82. The zero-order chi connectivity index (χ0) is 25.4. The highest BCUT2D eigenvalue weighted by atomic mass is 35.5. The van der Waals surface area contributed by atoms with Crippen LogP contribution in [-0.4, -0.2) is 66.5 Å². The summed E-state index contributed by atoms with van der Waals surface area (Å²) >= 11 is 6.30. The topological polar surface area (TPSA) is 116 Å². The smallest absolute Gasteiger partial charge is 0.273 e. The van der Waals surface area contributed by atoms with Gasteiger partial charge in [-0.2, -0.15) is 5.10 Å². The van der Waals surface area contributed by atoms with Crippen LogP contribution < -0.4 is 10.1 Å². The van der Waals surface area contributed by atoms with Crippen molar-refractivity contribution in [3.8, 4) is 11.6 Å². The summed E-state index contributed by atoms with van der Waals surface area (Å²) in [5, 5.41) is 19.7. The standard InChI is InChI=1S/C24H24ClN9O2/c1-5-34-22-16(11-29-34)20-15(10-27-22)23(33-12-18(28-13-33)24(35)32(2)3)31-30-21(20)26-9-14-6-7-19(36-4)17(25)8-14/h6-8,10-13H,5,9H2,1-4H3,(H,26,30). The minimum atomic E-state index is -0.202. The summed E-state index contributed by atoms with van der Waals surface area (Å²) in [6.45, 7) is 3.15. The van der Waals surface area contributed by atoms with E-state index < -0.39 is 0 Å². The molecule has 0 saturated carbocycles. The van der Waals surface area contributed by atoms with Crippen LogP contribution in [0.2, 0.25) is 5.02 Å². The van der Waals surface area contributed by atoms with Gasteiger partial charge in [-0.3, -0.25) is 9.36 Å². The van der Waals surface area contributed by atoms with Gasteiger partial charge < -0.3 is 15.0 Å². The average Bonchev–Trinajstić information content (AvgIpc) is 3.54. The maximum atomic E-state index is 12.4. The molecule has 5 rings (SSSR count). The first kappa shape index (κ1) is 23.5. The molecular formula is C24H24ClN9O2. The molecule has 0 radical (unpaired) electrons. The number of hydrogen-bond donors (Lipinski definition) is 1. The highest BCUT2D eigenvalue weighted by Crippen LogP contribution is 2.32. The summed E-state index contributed by atoms with van der Waals surface area (Å²) < 4.78 is 8.75. The number of carbonyl (C=O) groups is 1. The van der Waals surface area contributed by atoms with E-state index in [1.54, 1.807) is 50.7 Å². The fraction of sp³-hybridized carbons (Fsp3) is 0.250. The van der Waals surface area contributed by atoms with E-state index >= 15 is 0 Å². The lowest BCUT2D eigenvalue weighted by molar-refractivity contribution is 0.0822. The van der Waals surface area contributed by atoms with Gasteiger partial charge >= 0.3 is 0 Å². The van der Waals surface area contributed by atoms with E-state index in [2.05, 4.69) is 30.6 Å². The number of nitrogens with one attached hydrogen (secondary N) is 1. The number of carbonyl (C=O) groups excluding carboxylic acids is 1. The molecule has 0 aliphatic heterocycles. The average molecular weight is 506 g/mol. The number of fused-ring (bicyclic) bond motifs is 3. The summed E-state index contributed by atoms with van der Waals surface area (Å²) in [7, 11) is 4.94. The lowest BCUT2D eigenvalue weighted by Crippen LogP contribution is -2.21. The van der Waals surface area contributed by atoms with Gasteiger partial charge in [-0.25, -0.2) is 14.6 Å². The van der Waals surface area contributed by atoms with Crippen molar-refractivity contribution >= 4 is 45.1 Å². The van der Waals surface area contributed by atoms with E-state index in [0.717, 1.165) is 27.4 Å². The third kappa shape index (κ3) is 4.07. The van der Waals surface area contributed by atoms with E-state index in [1.807, 2.05) is 29.8 Å². The zero-order valence-corrected chi connectivity index (χ0v) is 21.0. The number of amides is 1. The van der Waals surface area contributed by atoms with Crippen LogP contribution in [0.15, 0.2) is 43.1 Å².